The molecule has 164 valence electrons. The van der Waals surface area contributed by atoms with Crippen molar-refractivity contribution in [1.82, 2.24) is 8.96 Å². The van der Waals surface area contributed by atoms with Crippen LogP contribution in [0.1, 0.15) is 37.0 Å². The molecule has 3 aromatic rings. The summed E-state index contributed by atoms with van der Waals surface area (Å²) >= 11 is 0. The number of hydrogen-bond donors (Lipinski definition) is 2. The molecule has 0 aliphatic heterocycles. The van der Waals surface area contributed by atoms with E-state index in [0.717, 1.165) is 16.1 Å². The van der Waals surface area contributed by atoms with Gasteiger partial charge in [0.25, 0.3) is 0 Å². The minimum absolute atomic E-state index is 0.0784. The summed E-state index contributed by atoms with van der Waals surface area (Å²) in [5.74, 6) is 2.02. The summed E-state index contributed by atoms with van der Waals surface area (Å²) in [5.41, 5.74) is 3.24. The molecule has 0 fully saturated rings. The lowest BCUT2D eigenvalue weighted by molar-refractivity contribution is -0.137. The van der Waals surface area contributed by atoms with Crippen LogP contribution in [0.25, 0.3) is 11.0 Å². The van der Waals surface area contributed by atoms with E-state index in [0.29, 0.717) is 0 Å². The van der Waals surface area contributed by atoms with E-state index < -0.39 is 32.6 Å². The van der Waals surface area contributed by atoms with Gasteiger partial charge in [0.2, 0.25) is 16.0 Å². The lowest BCUT2D eigenvalue weighted by Crippen LogP contribution is -2.28. The first-order valence-electron chi connectivity index (χ1n) is 9.19. The molecule has 0 saturated carbocycles. The maximum atomic E-state index is 13.2. The first-order chi connectivity index (χ1) is 14.3. The van der Waals surface area contributed by atoms with Gasteiger partial charge in [-0.05, 0) is 49.2 Å². The molecule has 6 nitrogen and oxygen atoms in total. The lowest BCUT2D eigenvalue weighted by Gasteiger charge is -2.28. The number of aliphatic hydroxyl groups is 1. The molecule has 10 heteroatoms. The number of rotatable bonds is 5. The minimum atomic E-state index is -4.62. The Morgan fingerprint density at radius 1 is 1.16 bits per heavy atom. The first kappa shape index (κ1) is 22.7. The molecular formula is C21H20F3N3O3S. The number of hydrogen-bond acceptors (Lipinski definition) is 5. The highest BCUT2D eigenvalue weighted by atomic mass is 32.2. The third-order valence-corrected chi connectivity index (χ3v) is 7.07. The SMILES string of the molecule is C#CCC(O)(c1cccc(C(F)(F)F)c1)c1ccc2nc(N)n(S(=O)(=O)C(C)C)c2c1. The molecule has 3 N–H and O–H groups in total. The van der Waals surface area contributed by atoms with Crippen LogP contribution in [0.3, 0.4) is 0 Å². The number of benzene rings is 2. The highest BCUT2D eigenvalue weighted by Gasteiger charge is 2.36. The summed E-state index contributed by atoms with van der Waals surface area (Å²) in [6.45, 7) is 2.95. The highest BCUT2D eigenvalue weighted by molar-refractivity contribution is 7.90. The summed E-state index contributed by atoms with van der Waals surface area (Å²) in [6.07, 6.45) is 0.441. The van der Waals surface area contributed by atoms with Crippen LogP contribution in [0.4, 0.5) is 19.1 Å². The normalized spacial score (nSPS) is 14.5. The summed E-state index contributed by atoms with van der Waals surface area (Å²) in [4.78, 5) is 4.04. The van der Waals surface area contributed by atoms with Crippen LogP contribution in [0, 0.1) is 12.3 Å². The number of aromatic nitrogens is 2. The maximum Gasteiger partial charge on any atom is 0.416 e. The average Bonchev–Trinajstić information content (AvgIpc) is 3.03. The smallest absolute Gasteiger partial charge is 0.379 e. The molecule has 0 bridgehead atoms. The van der Waals surface area contributed by atoms with Gasteiger partial charge in [-0.2, -0.15) is 13.2 Å². The van der Waals surface area contributed by atoms with Crippen molar-refractivity contribution in [2.75, 3.05) is 5.73 Å². The Morgan fingerprint density at radius 3 is 2.35 bits per heavy atom. The summed E-state index contributed by atoms with van der Waals surface area (Å²) in [5, 5.41) is 10.6. The van der Waals surface area contributed by atoms with Crippen LogP contribution in [-0.4, -0.2) is 27.7 Å². The van der Waals surface area contributed by atoms with E-state index in [1.165, 1.54) is 44.2 Å². The minimum Gasteiger partial charge on any atom is -0.379 e. The molecule has 1 atom stereocenters. The van der Waals surface area contributed by atoms with Gasteiger partial charge in [0, 0.05) is 6.42 Å². The molecule has 0 aliphatic rings. The lowest BCUT2D eigenvalue weighted by atomic mass is 9.83. The number of halogens is 3. The van der Waals surface area contributed by atoms with Crippen LogP contribution < -0.4 is 5.73 Å². The third kappa shape index (κ3) is 3.86. The fourth-order valence-corrected chi connectivity index (χ4v) is 4.42. The second-order valence-electron chi connectivity index (χ2n) is 7.35. The van der Waals surface area contributed by atoms with Gasteiger partial charge in [0.1, 0.15) is 5.60 Å². The number of anilines is 1. The van der Waals surface area contributed by atoms with E-state index in [9.17, 15) is 26.7 Å². The van der Waals surface area contributed by atoms with E-state index in [2.05, 4.69) is 10.9 Å². The topological polar surface area (TPSA) is 98.2 Å². The molecule has 2 aromatic carbocycles. The van der Waals surface area contributed by atoms with Gasteiger partial charge >= 0.3 is 6.18 Å². The van der Waals surface area contributed by atoms with Crippen molar-refractivity contribution < 1.29 is 26.7 Å². The van der Waals surface area contributed by atoms with Gasteiger partial charge in [-0.15, -0.1) is 12.3 Å². The zero-order valence-electron chi connectivity index (χ0n) is 16.7. The average molecular weight is 451 g/mol. The second-order valence-corrected chi connectivity index (χ2v) is 9.69. The Kier molecular flexibility index (Phi) is 5.54. The predicted molar refractivity (Wildman–Crippen MR) is 111 cm³/mol. The number of nitrogen functional groups attached to an aromatic ring is 1. The van der Waals surface area contributed by atoms with Crippen molar-refractivity contribution in [3.05, 3.63) is 59.2 Å². The van der Waals surface area contributed by atoms with Gasteiger partial charge < -0.3 is 10.8 Å². The van der Waals surface area contributed by atoms with Gasteiger partial charge in [0.05, 0.1) is 21.8 Å². The van der Waals surface area contributed by atoms with Gasteiger partial charge in [-0.3, -0.25) is 0 Å². The molecule has 0 radical (unpaired) electrons. The number of imidazole rings is 1. The molecule has 3 rings (SSSR count). The summed E-state index contributed by atoms with van der Waals surface area (Å²) in [6, 6.07) is 8.39. The Bertz CT molecular complexity index is 1290. The predicted octanol–water partition coefficient (Wildman–Crippen LogP) is 3.48. The van der Waals surface area contributed by atoms with Crippen molar-refractivity contribution in [2.24, 2.45) is 0 Å². The van der Waals surface area contributed by atoms with Crippen molar-refractivity contribution >= 4 is 27.0 Å². The largest absolute Gasteiger partial charge is 0.416 e. The third-order valence-electron chi connectivity index (χ3n) is 4.99. The number of nitrogens with two attached hydrogens (primary N) is 1. The van der Waals surface area contributed by atoms with Crippen molar-refractivity contribution in [2.45, 2.75) is 37.3 Å². The van der Waals surface area contributed by atoms with Crippen LogP contribution in [0.5, 0.6) is 0 Å². The summed E-state index contributed by atoms with van der Waals surface area (Å²) < 4.78 is 66.0. The molecule has 1 heterocycles. The van der Waals surface area contributed by atoms with E-state index in [1.807, 2.05) is 0 Å². The van der Waals surface area contributed by atoms with E-state index in [4.69, 9.17) is 12.2 Å². The highest BCUT2D eigenvalue weighted by Crippen LogP contribution is 2.38. The quantitative estimate of drug-likeness (QED) is 0.579. The number of alkyl halides is 3. The zero-order valence-corrected chi connectivity index (χ0v) is 17.5. The van der Waals surface area contributed by atoms with Crippen molar-refractivity contribution in [3.63, 3.8) is 0 Å². The van der Waals surface area contributed by atoms with Crippen molar-refractivity contribution in [3.8, 4) is 12.3 Å². The Labute approximate surface area is 177 Å². The molecule has 0 saturated heterocycles. The van der Waals surface area contributed by atoms with Crippen LogP contribution in [0.15, 0.2) is 42.5 Å². The van der Waals surface area contributed by atoms with Gasteiger partial charge in [-0.1, -0.05) is 18.2 Å². The first-order valence-corrected chi connectivity index (χ1v) is 10.7. The van der Waals surface area contributed by atoms with E-state index >= 15 is 0 Å². The summed E-state index contributed by atoms with van der Waals surface area (Å²) in [7, 11) is -3.90. The van der Waals surface area contributed by atoms with Crippen molar-refractivity contribution in [1.29, 1.82) is 0 Å². The Morgan fingerprint density at radius 2 is 1.77 bits per heavy atom. The van der Waals surface area contributed by atoms with Gasteiger partial charge in [0.15, 0.2) is 0 Å². The van der Waals surface area contributed by atoms with Crippen LogP contribution in [-0.2, 0) is 21.8 Å². The fraction of sp³-hybridized carbons (Fsp3) is 0.286. The Hall–Kier alpha value is -3.03. The molecule has 1 aromatic heterocycles. The second kappa shape index (κ2) is 7.59. The molecule has 31 heavy (non-hydrogen) atoms. The Balaban J connectivity index is 2.28. The molecular weight excluding hydrogens is 431 g/mol. The molecule has 1 unspecified atom stereocenters. The molecule has 0 amide bonds. The van der Waals surface area contributed by atoms with Crippen LogP contribution in [0.2, 0.25) is 0 Å². The standard InChI is InChI=1S/C21H20F3N3O3S/c1-4-10-20(28,14-6-5-7-16(11-14)21(22,23)24)15-8-9-17-18(12-15)27(19(25)26-17)31(29,30)13(2)3/h1,5-9,11-13,28H,10H2,2-3H3,(H2,25,26). The zero-order chi connectivity index (χ0) is 23.2. The number of terminal acetylenes is 1. The molecule has 0 aliphatic carbocycles. The van der Waals surface area contributed by atoms with Crippen LogP contribution >= 0.6 is 0 Å². The molecule has 0 spiro atoms. The van der Waals surface area contributed by atoms with E-state index in [1.54, 1.807) is 0 Å². The van der Waals surface area contributed by atoms with E-state index in [-0.39, 0.29) is 34.5 Å². The fourth-order valence-electron chi connectivity index (χ4n) is 3.28. The number of nitrogens with zero attached hydrogens (tertiary/aromatic N) is 2. The number of fused-ring (bicyclic) bond motifs is 1. The maximum absolute atomic E-state index is 13.2. The van der Waals surface area contributed by atoms with Gasteiger partial charge in [-0.25, -0.2) is 17.4 Å². The monoisotopic (exact) mass is 451 g/mol.